The van der Waals surface area contributed by atoms with E-state index in [-0.39, 0.29) is 5.97 Å². The van der Waals surface area contributed by atoms with Crippen LogP contribution in [0.1, 0.15) is 181 Å². The van der Waals surface area contributed by atoms with E-state index in [1.165, 1.54) is 141 Å². The molecule has 0 rings (SSSR count). The summed E-state index contributed by atoms with van der Waals surface area (Å²) in [5.74, 6) is 0.920. The number of unbranched alkanes of at least 4 members (excludes halogenated alkanes) is 20. The molecular formula is C31H62O2. The zero-order valence-corrected chi connectivity index (χ0v) is 23.3. The maximum absolute atomic E-state index is 11.8. The van der Waals surface area contributed by atoms with Gasteiger partial charge in [0.25, 0.3) is 0 Å². The van der Waals surface area contributed by atoms with Crippen LogP contribution >= 0.6 is 0 Å². The molecule has 0 bridgehead atoms. The first kappa shape index (κ1) is 32.5. The molecule has 33 heavy (non-hydrogen) atoms. The predicted molar refractivity (Wildman–Crippen MR) is 147 cm³/mol. The van der Waals surface area contributed by atoms with Gasteiger partial charge >= 0.3 is 5.97 Å². The number of ether oxygens (including phenoxy) is 1. The minimum atomic E-state index is 0.0229. The van der Waals surface area contributed by atoms with E-state index in [2.05, 4.69) is 20.8 Å². The van der Waals surface area contributed by atoms with Gasteiger partial charge in [0.15, 0.2) is 0 Å². The van der Waals surface area contributed by atoms with Crippen molar-refractivity contribution in [1.29, 1.82) is 0 Å². The van der Waals surface area contributed by atoms with Crippen LogP contribution in [-0.2, 0) is 9.53 Å². The fraction of sp³-hybridized carbons (Fsp3) is 0.968. The van der Waals surface area contributed by atoms with Gasteiger partial charge in [-0.05, 0) is 18.8 Å². The molecule has 1 atom stereocenters. The highest BCUT2D eigenvalue weighted by molar-refractivity contribution is 5.69. The van der Waals surface area contributed by atoms with Crippen LogP contribution in [0.25, 0.3) is 0 Å². The molecule has 1 unspecified atom stereocenters. The maximum Gasteiger partial charge on any atom is 0.305 e. The first-order valence-corrected chi connectivity index (χ1v) is 15.4. The summed E-state index contributed by atoms with van der Waals surface area (Å²) in [5, 5.41) is 0. The van der Waals surface area contributed by atoms with Crippen molar-refractivity contribution in [3.63, 3.8) is 0 Å². The second-order valence-electron chi connectivity index (χ2n) is 10.7. The zero-order valence-electron chi connectivity index (χ0n) is 23.3. The number of esters is 1. The number of carbonyl (C=O) groups excluding carboxylic acids is 1. The van der Waals surface area contributed by atoms with E-state index in [0.717, 1.165) is 18.8 Å². The lowest BCUT2D eigenvalue weighted by Crippen LogP contribution is -2.05. The average molecular weight is 467 g/mol. The minimum Gasteiger partial charge on any atom is -0.466 e. The molecule has 0 heterocycles. The van der Waals surface area contributed by atoms with Crippen molar-refractivity contribution < 1.29 is 9.53 Å². The Kier molecular flexibility index (Phi) is 27.3. The second-order valence-corrected chi connectivity index (χ2v) is 10.7. The van der Waals surface area contributed by atoms with Crippen molar-refractivity contribution in [2.75, 3.05) is 6.61 Å². The first-order valence-electron chi connectivity index (χ1n) is 15.4. The minimum absolute atomic E-state index is 0.0229. The van der Waals surface area contributed by atoms with E-state index >= 15 is 0 Å². The number of hydrogen-bond acceptors (Lipinski definition) is 2. The monoisotopic (exact) mass is 466 g/mol. The van der Waals surface area contributed by atoms with Gasteiger partial charge in [-0.3, -0.25) is 4.79 Å². The van der Waals surface area contributed by atoms with Gasteiger partial charge in [0.2, 0.25) is 0 Å². The lowest BCUT2D eigenvalue weighted by atomic mass is 10.00. The Balaban J connectivity index is 3.16. The summed E-state index contributed by atoms with van der Waals surface area (Å²) in [6.45, 7) is 7.57. The van der Waals surface area contributed by atoms with E-state index in [9.17, 15) is 4.79 Å². The van der Waals surface area contributed by atoms with E-state index in [4.69, 9.17) is 4.74 Å². The zero-order chi connectivity index (χ0) is 24.2. The van der Waals surface area contributed by atoms with E-state index in [1.807, 2.05) is 0 Å². The van der Waals surface area contributed by atoms with Gasteiger partial charge in [-0.1, -0.05) is 162 Å². The van der Waals surface area contributed by atoms with Crippen molar-refractivity contribution in [1.82, 2.24) is 0 Å². The summed E-state index contributed by atoms with van der Waals surface area (Å²) in [5.41, 5.74) is 0. The summed E-state index contributed by atoms with van der Waals surface area (Å²) in [4.78, 5) is 11.8. The smallest absolute Gasteiger partial charge is 0.305 e. The fourth-order valence-corrected chi connectivity index (χ4v) is 4.58. The molecule has 0 aliphatic carbocycles. The van der Waals surface area contributed by atoms with Gasteiger partial charge < -0.3 is 4.74 Å². The summed E-state index contributed by atoms with van der Waals surface area (Å²) in [6.07, 6.45) is 32.8. The summed E-state index contributed by atoms with van der Waals surface area (Å²) in [7, 11) is 0. The Labute approximate surface area is 209 Å². The van der Waals surface area contributed by atoms with Crippen LogP contribution < -0.4 is 0 Å². The third kappa shape index (κ3) is 27.6. The van der Waals surface area contributed by atoms with Crippen molar-refractivity contribution in [3.05, 3.63) is 0 Å². The van der Waals surface area contributed by atoms with Crippen molar-refractivity contribution in [3.8, 4) is 0 Å². The quantitative estimate of drug-likeness (QED) is 0.0888. The maximum atomic E-state index is 11.8. The molecule has 0 spiro atoms. The molecule has 0 saturated carbocycles. The third-order valence-corrected chi connectivity index (χ3v) is 7.29. The molecule has 0 aromatic rings. The van der Waals surface area contributed by atoms with E-state index in [1.54, 1.807) is 0 Å². The molecule has 0 N–H and O–H groups in total. The van der Waals surface area contributed by atoms with Crippen LogP contribution in [0.5, 0.6) is 0 Å². The molecule has 2 nitrogen and oxygen atoms in total. The highest BCUT2D eigenvalue weighted by Crippen LogP contribution is 2.15. The molecule has 0 aromatic heterocycles. The SMILES string of the molecule is CCCCCCCCCCCCCCCCCC(=O)OCCCCCCCCCC(C)CC. The molecule has 0 aliphatic heterocycles. The molecule has 0 saturated heterocycles. The predicted octanol–water partition coefficient (Wildman–Crippen LogP) is 11.0. The summed E-state index contributed by atoms with van der Waals surface area (Å²) < 4.78 is 5.41. The van der Waals surface area contributed by atoms with Crippen LogP contribution in [0.3, 0.4) is 0 Å². The molecule has 198 valence electrons. The van der Waals surface area contributed by atoms with Crippen LogP contribution in [-0.4, -0.2) is 12.6 Å². The fourth-order valence-electron chi connectivity index (χ4n) is 4.58. The van der Waals surface area contributed by atoms with Crippen molar-refractivity contribution >= 4 is 5.97 Å². The molecule has 0 aliphatic rings. The highest BCUT2D eigenvalue weighted by atomic mass is 16.5. The Morgan fingerprint density at radius 2 is 0.939 bits per heavy atom. The summed E-state index contributed by atoms with van der Waals surface area (Å²) in [6, 6.07) is 0. The second kappa shape index (κ2) is 27.7. The van der Waals surface area contributed by atoms with Gasteiger partial charge in [0, 0.05) is 6.42 Å². The normalized spacial score (nSPS) is 12.2. The van der Waals surface area contributed by atoms with E-state index < -0.39 is 0 Å². The molecule has 2 heteroatoms. The van der Waals surface area contributed by atoms with Gasteiger partial charge in [-0.2, -0.15) is 0 Å². The number of rotatable bonds is 27. The average Bonchev–Trinajstić information content (AvgIpc) is 2.82. The standard InChI is InChI=1S/C31H62O2/c1-4-6-7-8-9-10-11-12-13-14-15-16-19-22-25-28-31(32)33-29-26-23-20-17-18-21-24-27-30(3)5-2/h30H,4-29H2,1-3H3. The van der Waals surface area contributed by atoms with Crippen molar-refractivity contribution in [2.24, 2.45) is 5.92 Å². The van der Waals surface area contributed by atoms with Crippen molar-refractivity contribution in [2.45, 2.75) is 181 Å². The summed E-state index contributed by atoms with van der Waals surface area (Å²) >= 11 is 0. The molecular weight excluding hydrogens is 404 g/mol. The Morgan fingerprint density at radius 1 is 0.545 bits per heavy atom. The Morgan fingerprint density at radius 3 is 1.39 bits per heavy atom. The van der Waals surface area contributed by atoms with Crippen LogP contribution in [0.15, 0.2) is 0 Å². The molecule has 0 amide bonds. The molecule has 0 fully saturated rings. The Bertz CT molecular complexity index is 379. The van der Waals surface area contributed by atoms with Crippen LogP contribution in [0.2, 0.25) is 0 Å². The van der Waals surface area contributed by atoms with E-state index in [0.29, 0.717) is 13.0 Å². The Hall–Kier alpha value is -0.530. The molecule has 0 radical (unpaired) electrons. The highest BCUT2D eigenvalue weighted by Gasteiger charge is 2.03. The third-order valence-electron chi connectivity index (χ3n) is 7.29. The molecule has 0 aromatic carbocycles. The topological polar surface area (TPSA) is 26.3 Å². The lowest BCUT2D eigenvalue weighted by molar-refractivity contribution is -0.143. The van der Waals surface area contributed by atoms with Gasteiger partial charge in [-0.25, -0.2) is 0 Å². The number of hydrogen-bond donors (Lipinski definition) is 0. The largest absolute Gasteiger partial charge is 0.466 e. The number of carbonyl (C=O) groups is 1. The first-order chi connectivity index (χ1) is 16.2. The van der Waals surface area contributed by atoms with Gasteiger partial charge in [0.1, 0.15) is 0 Å². The van der Waals surface area contributed by atoms with Gasteiger partial charge in [-0.15, -0.1) is 0 Å². The lowest BCUT2D eigenvalue weighted by Gasteiger charge is -2.07. The van der Waals surface area contributed by atoms with Crippen LogP contribution in [0, 0.1) is 5.92 Å². The van der Waals surface area contributed by atoms with Gasteiger partial charge in [0.05, 0.1) is 6.61 Å². The van der Waals surface area contributed by atoms with Crippen LogP contribution in [0.4, 0.5) is 0 Å².